The number of carboxylic acids is 2. The Morgan fingerprint density at radius 3 is 2.79 bits per heavy atom. The van der Waals surface area contributed by atoms with Crippen molar-refractivity contribution < 1.29 is 19.8 Å². The van der Waals surface area contributed by atoms with E-state index in [1.54, 1.807) is 0 Å². The van der Waals surface area contributed by atoms with Gasteiger partial charge in [-0.05, 0) is 6.42 Å². The van der Waals surface area contributed by atoms with Crippen molar-refractivity contribution in [2.75, 3.05) is 5.32 Å². The van der Waals surface area contributed by atoms with Gasteiger partial charge in [-0.1, -0.05) is 0 Å². The summed E-state index contributed by atoms with van der Waals surface area (Å²) in [5.74, 6) is -1.92. The third-order valence-electron chi connectivity index (χ3n) is 2.48. The second-order valence-corrected chi connectivity index (χ2v) is 3.79. The summed E-state index contributed by atoms with van der Waals surface area (Å²) in [6.07, 6.45) is 2.37. The van der Waals surface area contributed by atoms with E-state index < -0.39 is 18.0 Å². The fourth-order valence-electron chi connectivity index (χ4n) is 1.56. The maximum absolute atomic E-state index is 11.1. The molecule has 1 atom stereocenters. The highest BCUT2D eigenvalue weighted by Gasteiger charge is 2.20. The van der Waals surface area contributed by atoms with E-state index in [1.165, 1.54) is 12.7 Å². The molecule has 0 radical (unpaired) electrons. The van der Waals surface area contributed by atoms with E-state index in [1.807, 2.05) is 0 Å². The first-order valence-electron chi connectivity index (χ1n) is 5.43. The van der Waals surface area contributed by atoms with Gasteiger partial charge < -0.3 is 20.5 Å². The van der Waals surface area contributed by atoms with Gasteiger partial charge in [0.1, 0.15) is 17.9 Å². The van der Waals surface area contributed by atoms with Crippen LogP contribution in [0.25, 0.3) is 11.2 Å². The van der Waals surface area contributed by atoms with Crippen LogP contribution in [0.15, 0.2) is 12.7 Å². The number of nitrogens with zero attached hydrogens (tertiary/aromatic N) is 3. The molecular formula is C10H11N5O4. The fraction of sp³-hybridized carbons (Fsp3) is 0.300. The highest BCUT2D eigenvalue weighted by atomic mass is 16.4. The first-order chi connectivity index (χ1) is 9.08. The van der Waals surface area contributed by atoms with Crippen LogP contribution in [-0.4, -0.2) is 48.1 Å². The first kappa shape index (κ1) is 12.7. The number of H-pyrrole nitrogens is 1. The summed E-state index contributed by atoms with van der Waals surface area (Å²) in [7, 11) is 0. The molecule has 0 aliphatic heterocycles. The molecule has 0 amide bonds. The number of fused-ring (bicyclic) bond motifs is 1. The zero-order chi connectivity index (χ0) is 13.8. The molecule has 0 spiro atoms. The molecule has 0 aliphatic rings. The number of carbonyl (C=O) groups is 2. The third kappa shape index (κ3) is 2.94. The normalized spacial score (nSPS) is 12.2. The molecule has 0 fully saturated rings. The van der Waals surface area contributed by atoms with Crippen LogP contribution in [0.1, 0.15) is 12.8 Å². The van der Waals surface area contributed by atoms with Gasteiger partial charge in [0.2, 0.25) is 0 Å². The molecule has 0 saturated heterocycles. The number of nitrogens with one attached hydrogen (secondary N) is 2. The van der Waals surface area contributed by atoms with Gasteiger partial charge in [-0.2, -0.15) is 0 Å². The quantitative estimate of drug-likeness (QED) is 0.575. The average molecular weight is 265 g/mol. The average Bonchev–Trinajstić information content (AvgIpc) is 2.82. The first-order valence-corrected chi connectivity index (χ1v) is 5.43. The highest BCUT2D eigenvalue weighted by Crippen LogP contribution is 2.16. The predicted molar refractivity (Wildman–Crippen MR) is 63.6 cm³/mol. The van der Waals surface area contributed by atoms with Crippen molar-refractivity contribution in [1.29, 1.82) is 0 Å². The molecule has 0 saturated carbocycles. The van der Waals surface area contributed by atoms with E-state index in [2.05, 4.69) is 25.3 Å². The minimum atomic E-state index is -1.15. The largest absolute Gasteiger partial charge is 0.481 e. The number of hydrogen-bond donors (Lipinski definition) is 4. The van der Waals surface area contributed by atoms with Gasteiger partial charge in [0, 0.05) is 6.42 Å². The van der Waals surface area contributed by atoms with E-state index in [0.29, 0.717) is 11.2 Å². The summed E-state index contributed by atoms with van der Waals surface area (Å²) in [5.41, 5.74) is 0.879. The summed E-state index contributed by atoms with van der Waals surface area (Å²) in [6, 6.07) is -1.04. The van der Waals surface area contributed by atoms with Crippen molar-refractivity contribution in [2.45, 2.75) is 18.9 Å². The van der Waals surface area contributed by atoms with Gasteiger partial charge in [0.25, 0.3) is 0 Å². The zero-order valence-corrected chi connectivity index (χ0v) is 9.70. The van der Waals surface area contributed by atoms with Gasteiger partial charge in [0.15, 0.2) is 11.5 Å². The van der Waals surface area contributed by atoms with E-state index in [9.17, 15) is 9.59 Å². The molecule has 0 unspecified atom stereocenters. The summed E-state index contributed by atoms with van der Waals surface area (Å²) in [6.45, 7) is 0. The highest BCUT2D eigenvalue weighted by molar-refractivity contribution is 5.85. The molecule has 2 aromatic rings. The van der Waals surface area contributed by atoms with Gasteiger partial charge in [-0.3, -0.25) is 4.79 Å². The van der Waals surface area contributed by atoms with Crippen molar-refractivity contribution in [3.8, 4) is 0 Å². The number of aromatic amines is 1. The van der Waals surface area contributed by atoms with E-state index in [-0.39, 0.29) is 18.7 Å². The molecule has 2 heterocycles. The van der Waals surface area contributed by atoms with Crippen molar-refractivity contribution in [3.63, 3.8) is 0 Å². The van der Waals surface area contributed by atoms with Crippen LogP contribution in [0.5, 0.6) is 0 Å². The molecule has 9 heteroatoms. The summed E-state index contributed by atoms with van der Waals surface area (Å²) < 4.78 is 0. The smallest absolute Gasteiger partial charge is 0.326 e. The van der Waals surface area contributed by atoms with Crippen LogP contribution in [0, 0.1) is 0 Å². The Kier molecular flexibility index (Phi) is 3.55. The minimum absolute atomic E-state index is 0.0513. The number of rotatable bonds is 6. The van der Waals surface area contributed by atoms with Crippen molar-refractivity contribution in [3.05, 3.63) is 12.7 Å². The molecule has 0 aromatic carbocycles. The van der Waals surface area contributed by atoms with E-state index >= 15 is 0 Å². The lowest BCUT2D eigenvalue weighted by Gasteiger charge is -2.14. The minimum Gasteiger partial charge on any atom is -0.481 e. The number of anilines is 1. The van der Waals surface area contributed by atoms with Crippen LogP contribution in [0.2, 0.25) is 0 Å². The van der Waals surface area contributed by atoms with Gasteiger partial charge in [-0.15, -0.1) is 0 Å². The number of aromatic nitrogens is 4. The molecule has 2 aromatic heterocycles. The second-order valence-electron chi connectivity index (χ2n) is 3.79. The molecule has 2 rings (SSSR count). The van der Waals surface area contributed by atoms with Crippen molar-refractivity contribution in [1.82, 2.24) is 19.9 Å². The third-order valence-corrected chi connectivity index (χ3v) is 2.48. The molecule has 19 heavy (non-hydrogen) atoms. The maximum Gasteiger partial charge on any atom is 0.326 e. The predicted octanol–water partition coefficient (Wildman–Crippen LogP) is 0.0828. The number of aliphatic carboxylic acids is 2. The maximum atomic E-state index is 11.1. The lowest BCUT2D eigenvalue weighted by Crippen LogP contribution is -2.30. The Morgan fingerprint density at radius 1 is 1.32 bits per heavy atom. The van der Waals surface area contributed by atoms with Gasteiger partial charge in [-0.25, -0.2) is 19.7 Å². The van der Waals surface area contributed by atoms with E-state index in [0.717, 1.165) is 0 Å². The monoisotopic (exact) mass is 265 g/mol. The SMILES string of the molecule is O=C(O)CC[C@@H](Nc1ncnc2nc[nH]c12)C(=O)O. The number of imidazole rings is 1. The Balaban J connectivity index is 2.18. The van der Waals surface area contributed by atoms with Crippen LogP contribution in [0.3, 0.4) is 0 Å². The fourth-order valence-corrected chi connectivity index (χ4v) is 1.56. The van der Waals surface area contributed by atoms with Gasteiger partial charge in [0.05, 0.1) is 6.33 Å². The number of carboxylic acid groups (broad SMARTS) is 2. The molecule has 9 nitrogen and oxygen atoms in total. The molecule has 0 bridgehead atoms. The molecule has 100 valence electrons. The topological polar surface area (TPSA) is 141 Å². The second kappa shape index (κ2) is 5.29. The summed E-state index contributed by atoms with van der Waals surface area (Å²) in [4.78, 5) is 36.1. The van der Waals surface area contributed by atoms with Crippen molar-refractivity contribution in [2.24, 2.45) is 0 Å². The standard InChI is InChI=1S/C10H11N5O4/c16-6(17)2-1-5(10(18)19)15-9-7-8(12-3-11-7)13-4-14-9/h3-5H,1-2H2,(H,16,17)(H,18,19)(H2,11,12,13,14,15)/t5-/m1/s1. The van der Waals surface area contributed by atoms with Crippen LogP contribution in [0.4, 0.5) is 5.82 Å². The van der Waals surface area contributed by atoms with Crippen LogP contribution >= 0.6 is 0 Å². The Bertz CT molecular complexity index is 611. The Hall–Kier alpha value is -2.71. The van der Waals surface area contributed by atoms with Crippen LogP contribution < -0.4 is 5.32 Å². The number of hydrogen-bond acceptors (Lipinski definition) is 6. The van der Waals surface area contributed by atoms with Crippen molar-refractivity contribution >= 4 is 28.9 Å². The molecule has 0 aliphatic carbocycles. The molecular weight excluding hydrogens is 254 g/mol. The summed E-state index contributed by atoms with van der Waals surface area (Å²) >= 11 is 0. The van der Waals surface area contributed by atoms with Crippen LogP contribution in [-0.2, 0) is 9.59 Å². The zero-order valence-electron chi connectivity index (χ0n) is 9.70. The lowest BCUT2D eigenvalue weighted by atomic mass is 10.1. The summed E-state index contributed by atoms with van der Waals surface area (Å²) in [5, 5.41) is 20.3. The Morgan fingerprint density at radius 2 is 2.11 bits per heavy atom. The van der Waals surface area contributed by atoms with E-state index in [4.69, 9.17) is 10.2 Å². The molecule has 4 N–H and O–H groups in total. The lowest BCUT2D eigenvalue weighted by molar-refractivity contribution is -0.139. The Labute approximate surface area is 106 Å². The van der Waals surface area contributed by atoms with Gasteiger partial charge >= 0.3 is 11.9 Å².